The maximum Gasteiger partial charge on any atom is 0.338 e. The molecular weight excluding hydrogens is 823 g/mol. The van der Waals surface area contributed by atoms with Gasteiger partial charge in [0.2, 0.25) is 0 Å². The third-order valence-corrected chi connectivity index (χ3v) is 11.6. The second kappa shape index (κ2) is 22.8. The Hall–Kier alpha value is -3.20. The Morgan fingerprint density at radius 3 is 1.60 bits per heavy atom. The van der Waals surface area contributed by atoms with E-state index in [-0.39, 0.29) is 43.1 Å². The molecule has 0 aliphatic carbocycles. The molecule has 0 unspecified atom stereocenters. The fraction of sp³-hybridized carbons (Fsp3) is 0.389. The van der Waals surface area contributed by atoms with E-state index in [0.717, 1.165) is 12.5 Å². The maximum atomic E-state index is 12.9. The van der Waals surface area contributed by atoms with E-state index >= 15 is 0 Å². The topological polar surface area (TPSA) is 139 Å². The van der Waals surface area contributed by atoms with Crippen LogP contribution < -0.4 is 0 Å². The standard InChI is InChI=1S/C21H22Cl3NO6S.C15H20BrNO3/c1-4-18(31-32(27,28)20-11-16(23)15(22)10-17(20)24)13(2)19(12-25-29-3)30-21(26)14-8-6-5-7-9-14;1-4-13(16)11(2)14(10-17-19-3)20-15(18)12-8-6-5-7-9-12/h5-13,18-19H,4H2,1-3H3;5-11,13-14H,4H2,1-3H3/t13-,18-,19+;11-,13-,14+/m11/s1. The molecule has 52 heavy (non-hydrogen) atoms. The summed E-state index contributed by atoms with van der Waals surface area (Å²) in [6.07, 6.45) is 1.74. The van der Waals surface area contributed by atoms with Gasteiger partial charge in [-0.25, -0.2) is 9.59 Å². The summed E-state index contributed by atoms with van der Waals surface area (Å²) in [4.78, 5) is 33.9. The molecule has 0 aromatic heterocycles. The molecule has 3 aromatic rings. The van der Waals surface area contributed by atoms with Gasteiger partial charge in [0.25, 0.3) is 10.1 Å². The Morgan fingerprint density at radius 1 is 0.731 bits per heavy atom. The van der Waals surface area contributed by atoms with E-state index in [2.05, 4.69) is 38.0 Å². The molecule has 11 nitrogen and oxygen atoms in total. The smallest absolute Gasteiger partial charge is 0.338 e. The lowest BCUT2D eigenvalue weighted by Gasteiger charge is -2.27. The van der Waals surface area contributed by atoms with E-state index in [1.54, 1.807) is 68.4 Å². The predicted octanol–water partition coefficient (Wildman–Crippen LogP) is 9.28. The molecule has 3 rings (SSSR count). The van der Waals surface area contributed by atoms with E-state index in [1.807, 2.05) is 13.0 Å². The van der Waals surface area contributed by atoms with Gasteiger partial charge in [0.1, 0.15) is 31.3 Å². The van der Waals surface area contributed by atoms with Crippen molar-refractivity contribution in [2.75, 3.05) is 14.2 Å². The van der Waals surface area contributed by atoms with Crippen LogP contribution in [0, 0.1) is 11.8 Å². The molecule has 0 fully saturated rings. The van der Waals surface area contributed by atoms with Crippen LogP contribution in [0.25, 0.3) is 0 Å². The summed E-state index contributed by atoms with van der Waals surface area (Å²) in [7, 11) is -1.52. The molecule has 0 heterocycles. The summed E-state index contributed by atoms with van der Waals surface area (Å²) >= 11 is 21.5. The van der Waals surface area contributed by atoms with Crippen LogP contribution in [0.5, 0.6) is 0 Å². The van der Waals surface area contributed by atoms with Crippen molar-refractivity contribution in [2.24, 2.45) is 22.1 Å². The predicted molar refractivity (Wildman–Crippen MR) is 207 cm³/mol. The quantitative estimate of drug-likeness (QED) is 0.0325. The first kappa shape index (κ1) is 45.0. The highest BCUT2D eigenvalue weighted by Gasteiger charge is 2.33. The van der Waals surface area contributed by atoms with Gasteiger partial charge < -0.3 is 19.1 Å². The molecule has 0 amide bonds. The Labute approximate surface area is 328 Å². The summed E-state index contributed by atoms with van der Waals surface area (Å²) < 4.78 is 42.3. The largest absolute Gasteiger partial charge is 0.452 e. The number of oxime groups is 2. The molecule has 0 bridgehead atoms. The second-order valence-electron chi connectivity index (χ2n) is 11.2. The summed E-state index contributed by atoms with van der Waals surface area (Å²) in [6.45, 7) is 7.48. The van der Waals surface area contributed by atoms with Gasteiger partial charge in [-0.3, -0.25) is 4.18 Å². The SMILES string of the molecule is CC[C@@H](Br)[C@@H](C)[C@H](C=NOC)OC(=O)c1ccccc1.CC[C@@H](OS(=O)(=O)c1cc(Cl)c(Cl)cc1Cl)[C@@H](C)[C@H](C=NOC)OC(=O)c1ccccc1. The minimum atomic E-state index is -4.31. The molecule has 16 heteroatoms. The molecule has 0 saturated heterocycles. The highest BCUT2D eigenvalue weighted by molar-refractivity contribution is 9.09. The highest BCUT2D eigenvalue weighted by atomic mass is 79.9. The van der Waals surface area contributed by atoms with Gasteiger partial charge in [0.05, 0.1) is 44.7 Å². The first-order valence-electron chi connectivity index (χ1n) is 16.1. The van der Waals surface area contributed by atoms with Crippen LogP contribution in [0.15, 0.2) is 88.0 Å². The number of hydrogen-bond donors (Lipinski definition) is 0. The van der Waals surface area contributed by atoms with Crippen LogP contribution in [-0.2, 0) is 33.5 Å². The van der Waals surface area contributed by atoms with E-state index in [1.165, 1.54) is 32.7 Å². The molecule has 0 radical (unpaired) electrons. The third-order valence-electron chi connectivity index (χ3n) is 7.61. The van der Waals surface area contributed by atoms with E-state index < -0.39 is 40.3 Å². The molecule has 284 valence electrons. The first-order valence-corrected chi connectivity index (χ1v) is 19.5. The van der Waals surface area contributed by atoms with Crippen molar-refractivity contribution in [3.8, 4) is 0 Å². The van der Waals surface area contributed by atoms with Crippen molar-refractivity contribution in [2.45, 2.75) is 68.6 Å². The zero-order valence-electron chi connectivity index (χ0n) is 29.4. The lowest BCUT2D eigenvalue weighted by atomic mass is 9.97. The number of carbonyl (C=O) groups excluding carboxylic acids is 2. The Balaban J connectivity index is 0.000000402. The number of benzene rings is 3. The number of carbonyl (C=O) groups is 2. The number of esters is 2. The number of hydrogen-bond acceptors (Lipinski definition) is 11. The Bertz CT molecular complexity index is 1740. The van der Waals surface area contributed by atoms with Crippen molar-refractivity contribution in [1.82, 2.24) is 0 Å². The fourth-order valence-corrected chi connectivity index (χ4v) is 7.04. The zero-order valence-corrected chi connectivity index (χ0v) is 34.1. The van der Waals surface area contributed by atoms with Gasteiger partial charge in [-0.15, -0.1) is 0 Å². The molecule has 0 N–H and O–H groups in total. The summed E-state index contributed by atoms with van der Waals surface area (Å²) in [5.74, 6) is -1.49. The third kappa shape index (κ3) is 14.0. The Kier molecular flexibility index (Phi) is 19.7. The molecule has 6 atom stereocenters. The van der Waals surface area contributed by atoms with Gasteiger partial charge >= 0.3 is 11.9 Å². The first-order chi connectivity index (χ1) is 24.7. The fourth-order valence-electron chi connectivity index (χ4n) is 4.55. The maximum absolute atomic E-state index is 12.9. The summed E-state index contributed by atoms with van der Waals surface area (Å²) in [5.41, 5.74) is 0.859. The normalized spacial score (nSPS) is 15.0. The number of alkyl halides is 1. The molecule has 0 aliphatic rings. The number of ether oxygens (including phenoxy) is 2. The van der Waals surface area contributed by atoms with Gasteiger partial charge in [-0.2, -0.15) is 8.42 Å². The minimum absolute atomic E-state index is 0.0150. The van der Waals surface area contributed by atoms with Crippen LogP contribution in [0.2, 0.25) is 15.1 Å². The molecule has 0 aliphatic heterocycles. The van der Waals surface area contributed by atoms with Crippen molar-refractivity contribution in [1.29, 1.82) is 0 Å². The summed E-state index contributed by atoms with van der Waals surface area (Å²) in [6, 6.07) is 19.6. The van der Waals surface area contributed by atoms with Crippen LogP contribution >= 0.6 is 50.7 Å². The zero-order chi connectivity index (χ0) is 38.8. The second-order valence-corrected chi connectivity index (χ2v) is 15.1. The molecule has 0 saturated carbocycles. The Morgan fingerprint density at radius 2 is 1.17 bits per heavy atom. The molecule has 0 spiro atoms. The highest BCUT2D eigenvalue weighted by Crippen LogP contribution is 2.34. The van der Waals surface area contributed by atoms with Gasteiger partial charge in [0, 0.05) is 16.7 Å². The van der Waals surface area contributed by atoms with Crippen LogP contribution in [-0.4, -0.2) is 70.1 Å². The number of halogens is 4. The van der Waals surface area contributed by atoms with E-state index in [4.69, 9.17) is 53.3 Å². The van der Waals surface area contributed by atoms with Crippen LogP contribution in [0.4, 0.5) is 0 Å². The molecule has 3 aromatic carbocycles. The lowest BCUT2D eigenvalue weighted by molar-refractivity contribution is 0.0161. The van der Waals surface area contributed by atoms with Gasteiger partial charge in [-0.05, 0) is 49.2 Å². The van der Waals surface area contributed by atoms with Gasteiger partial charge in [-0.1, -0.05) is 125 Å². The van der Waals surface area contributed by atoms with E-state index in [0.29, 0.717) is 11.1 Å². The average molecular weight is 865 g/mol. The number of rotatable bonds is 17. The van der Waals surface area contributed by atoms with Crippen molar-refractivity contribution < 1.29 is 41.3 Å². The molecular formula is C36H42BrCl3N2O9S. The monoisotopic (exact) mass is 862 g/mol. The van der Waals surface area contributed by atoms with Crippen LogP contribution in [0.3, 0.4) is 0 Å². The number of nitrogens with zero attached hydrogens (tertiary/aromatic N) is 2. The average Bonchev–Trinajstić information content (AvgIpc) is 3.15. The van der Waals surface area contributed by atoms with E-state index in [9.17, 15) is 18.0 Å². The van der Waals surface area contributed by atoms with Gasteiger partial charge in [0.15, 0.2) is 0 Å². The summed E-state index contributed by atoms with van der Waals surface area (Å²) in [5, 5.41) is 7.42. The minimum Gasteiger partial charge on any atom is -0.452 e. The van der Waals surface area contributed by atoms with Crippen molar-refractivity contribution >= 4 is 85.2 Å². The van der Waals surface area contributed by atoms with Crippen molar-refractivity contribution in [3.63, 3.8) is 0 Å². The van der Waals surface area contributed by atoms with Crippen LogP contribution in [0.1, 0.15) is 61.3 Å². The van der Waals surface area contributed by atoms with Crippen molar-refractivity contribution in [3.05, 3.63) is 99.0 Å². The lowest BCUT2D eigenvalue weighted by Crippen LogP contribution is -2.37.